The van der Waals surface area contributed by atoms with Crippen molar-refractivity contribution in [2.24, 2.45) is 0 Å². The lowest BCUT2D eigenvalue weighted by Crippen LogP contribution is -2.54. The maximum atomic E-state index is 14.3. The maximum absolute atomic E-state index is 14.3. The van der Waals surface area contributed by atoms with Crippen molar-refractivity contribution in [2.45, 2.75) is 38.3 Å². The van der Waals surface area contributed by atoms with E-state index >= 15 is 0 Å². The average molecular weight is 446 g/mol. The van der Waals surface area contributed by atoms with Gasteiger partial charge in [0.1, 0.15) is 18.0 Å². The van der Waals surface area contributed by atoms with Gasteiger partial charge in [-0.2, -0.15) is 12.7 Å². The number of alkyl halides is 2. The molecule has 1 heterocycles. The Balaban J connectivity index is 2.70. The summed E-state index contributed by atoms with van der Waals surface area (Å²) in [7, 11) is -4.89. The molecule has 2 rings (SSSR count). The van der Waals surface area contributed by atoms with E-state index in [2.05, 4.69) is 20.1 Å². The number of nitrogens with zero attached hydrogens (tertiary/aromatic N) is 1. The van der Waals surface area contributed by atoms with Gasteiger partial charge < -0.3 is 4.74 Å². The van der Waals surface area contributed by atoms with E-state index in [0.717, 1.165) is 12.1 Å². The molecule has 1 unspecified atom stereocenters. The number of carbonyl (C=O) groups excluding carboxylic acids is 1. The number of carbonyl (C=O) groups is 1. The molecule has 0 bridgehead atoms. The lowest BCUT2D eigenvalue weighted by atomic mass is 9.90. The van der Waals surface area contributed by atoms with Crippen molar-refractivity contribution in [3.8, 4) is 0 Å². The molecule has 25 heavy (non-hydrogen) atoms. The molecule has 0 spiro atoms. The SMILES string of the molecule is CC(C)(C)OC(=O)N1C(c2cc(Br)ccc2F)(C(F)F)COS1(=O)=O. The van der Waals surface area contributed by atoms with Crippen LogP contribution in [0.3, 0.4) is 0 Å². The number of ether oxygens (including phenoxy) is 1. The van der Waals surface area contributed by atoms with Crippen molar-refractivity contribution in [3.63, 3.8) is 0 Å². The van der Waals surface area contributed by atoms with Gasteiger partial charge in [-0.05, 0) is 39.0 Å². The zero-order valence-corrected chi connectivity index (χ0v) is 15.8. The van der Waals surface area contributed by atoms with Crippen molar-refractivity contribution in [1.29, 1.82) is 0 Å². The van der Waals surface area contributed by atoms with Crippen LogP contribution in [0.1, 0.15) is 26.3 Å². The van der Waals surface area contributed by atoms with E-state index in [-0.39, 0.29) is 8.78 Å². The third-order valence-electron chi connectivity index (χ3n) is 3.33. The summed E-state index contributed by atoms with van der Waals surface area (Å²) in [5.74, 6) is -1.11. The Bertz CT molecular complexity index is 796. The molecular weight excluding hydrogens is 431 g/mol. The molecule has 11 heteroatoms. The van der Waals surface area contributed by atoms with Crippen LogP contribution < -0.4 is 0 Å². The number of hydrogen-bond acceptors (Lipinski definition) is 5. The van der Waals surface area contributed by atoms with E-state index in [0.29, 0.717) is 0 Å². The highest BCUT2D eigenvalue weighted by molar-refractivity contribution is 9.10. The molecule has 1 fully saturated rings. The molecule has 1 aromatic rings. The summed E-state index contributed by atoms with van der Waals surface area (Å²) < 4.78 is 75.9. The Morgan fingerprint density at radius 2 is 2.00 bits per heavy atom. The molecule has 1 amide bonds. The van der Waals surface area contributed by atoms with Crippen LogP contribution in [0.15, 0.2) is 22.7 Å². The minimum Gasteiger partial charge on any atom is -0.443 e. The predicted octanol–water partition coefficient (Wildman–Crippen LogP) is 3.56. The normalized spacial score (nSPS) is 23.1. The first kappa shape index (κ1) is 20.0. The van der Waals surface area contributed by atoms with E-state index in [4.69, 9.17) is 4.74 Å². The Labute approximate surface area is 151 Å². The Morgan fingerprint density at radius 1 is 1.40 bits per heavy atom. The van der Waals surface area contributed by atoms with Gasteiger partial charge in [-0.3, -0.25) is 4.18 Å². The zero-order chi connectivity index (χ0) is 19.2. The van der Waals surface area contributed by atoms with Crippen LogP contribution in [0.4, 0.5) is 18.0 Å². The fraction of sp³-hybridized carbons (Fsp3) is 0.500. The first-order chi connectivity index (χ1) is 11.3. The summed E-state index contributed by atoms with van der Waals surface area (Å²) in [5.41, 5.74) is -4.75. The maximum Gasteiger partial charge on any atom is 0.427 e. The first-order valence-electron chi connectivity index (χ1n) is 6.98. The van der Waals surface area contributed by atoms with Gasteiger partial charge in [0.2, 0.25) is 0 Å². The average Bonchev–Trinajstić information content (AvgIpc) is 2.72. The Morgan fingerprint density at radius 3 is 2.52 bits per heavy atom. The van der Waals surface area contributed by atoms with Crippen LogP contribution in [0, 0.1) is 5.82 Å². The highest BCUT2D eigenvalue weighted by Gasteiger charge is 2.63. The smallest absolute Gasteiger partial charge is 0.427 e. The molecule has 6 nitrogen and oxygen atoms in total. The van der Waals surface area contributed by atoms with E-state index in [9.17, 15) is 26.4 Å². The predicted molar refractivity (Wildman–Crippen MR) is 84.7 cm³/mol. The number of halogens is 4. The van der Waals surface area contributed by atoms with Crippen molar-refractivity contribution < 1.29 is 35.3 Å². The molecule has 0 radical (unpaired) electrons. The van der Waals surface area contributed by atoms with E-state index < -0.39 is 52.0 Å². The second-order valence-electron chi connectivity index (χ2n) is 6.31. The van der Waals surface area contributed by atoms with Crippen molar-refractivity contribution in [3.05, 3.63) is 34.1 Å². The largest absolute Gasteiger partial charge is 0.443 e. The van der Waals surface area contributed by atoms with Gasteiger partial charge in [0, 0.05) is 10.0 Å². The van der Waals surface area contributed by atoms with Crippen molar-refractivity contribution >= 4 is 32.3 Å². The summed E-state index contributed by atoms with van der Waals surface area (Å²) in [6.07, 6.45) is -5.05. The fourth-order valence-electron chi connectivity index (χ4n) is 2.32. The third-order valence-corrected chi connectivity index (χ3v) is 5.16. The van der Waals surface area contributed by atoms with Crippen LogP contribution >= 0.6 is 15.9 Å². The van der Waals surface area contributed by atoms with Gasteiger partial charge in [0.25, 0.3) is 6.43 Å². The van der Waals surface area contributed by atoms with Crippen molar-refractivity contribution in [2.75, 3.05) is 6.61 Å². The van der Waals surface area contributed by atoms with Gasteiger partial charge in [0.05, 0.1) is 0 Å². The molecule has 1 saturated heterocycles. The molecule has 0 aromatic heterocycles. The topological polar surface area (TPSA) is 72.9 Å². The molecule has 0 aliphatic carbocycles. The lowest BCUT2D eigenvalue weighted by molar-refractivity contribution is -0.0349. The van der Waals surface area contributed by atoms with Crippen molar-refractivity contribution in [1.82, 2.24) is 4.31 Å². The number of hydrogen-bond donors (Lipinski definition) is 0. The molecular formula is C14H15BrF3NO5S. The van der Waals surface area contributed by atoms with Crippen LogP contribution in [0.25, 0.3) is 0 Å². The fourth-order valence-corrected chi connectivity index (χ4v) is 3.96. The summed E-state index contributed by atoms with van der Waals surface area (Å²) in [6.45, 7) is 3.15. The second-order valence-corrected chi connectivity index (χ2v) is 8.69. The van der Waals surface area contributed by atoms with Crippen LogP contribution in [-0.2, 0) is 24.8 Å². The minimum absolute atomic E-state index is 0.220. The summed E-state index contributed by atoms with van der Waals surface area (Å²) in [4.78, 5) is 12.3. The molecule has 1 aliphatic rings. The molecule has 1 atom stereocenters. The van der Waals surface area contributed by atoms with Gasteiger partial charge >= 0.3 is 16.4 Å². The van der Waals surface area contributed by atoms with Crippen LogP contribution in [0.5, 0.6) is 0 Å². The molecule has 140 valence electrons. The van der Waals surface area contributed by atoms with Gasteiger partial charge in [-0.1, -0.05) is 15.9 Å². The molecule has 0 N–H and O–H groups in total. The summed E-state index contributed by atoms with van der Waals surface area (Å²) in [6, 6.07) is 3.10. The van der Waals surface area contributed by atoms with Crippen LogP contribution in [-0.4, -0.2) is 37.4 Å². The van der Waals surface area contributed by atoms with Gasteiger partial charge in [-0.15, -0.1) is 0 Å². The number of rotatable bonds is 2. The number of amides is 1. The second kappa shape index (κ2) is 6.44. The Kier molecular flexibility index (Phi) is 5.15. The lowest BCUT2D eigenvalue weighted by Gasteiger charge is -2.35. The van der Waals surface area contributed by atoms with E-state index in [1.54, 1.807) is 0 Å². The molecule has 1 aliphatic heterocycles. The van der Waals surface area contributed by atoms with E-state index in [1.165, 1.54) is 26.8 Å². The monoisotopic (exact) mass is 445 g/mol. The highest BCUT2D eigenvalue weighted by atomic mass is 79.9. The molecule has 1 aromatic carbocycles. The number of benzene rings is 1. The van der Waals surface area contributed by atoms with E-state index in [1.807, 2.05) is 0 Å². The quantitative estimate of drug-likeness (QED) is 0.695. The van der Waals surface area contributed by atoms with Gasteiger partial charge in [0.15, 0.2) is 5.54 Å². The third kappa shape index (κ3) is 3.63. The van der Waals surface area contributed by atoms with Gasteiger partial charge in [-0.25, -0.2) is 18.0 Å². The zero-order valence-electron chi connectivity index (χ0n) is 13.4. The highest BCUT2D eigenvalue weighted by Crippen LogP contribution is 2.45. The van der Waals surface area contributed by atoms with Crippen LogP contribution in [0.2, 0.25) is 0 Å². The minimum atomic E-state index is -4.89. The molecule has 0 saturated carbocycles. The Hall–Kier alpha value is -1.33. The summed E-state index contributed by atoms with van der Waals surface area (Å²) >= 11 is 3.01. The first-order valence-corrected chi connectivity index (χ1v) is 9.13. The standard InChI is InChI=1S/C14H15BrF3NO5S/c1-13(2,3)24-12(20)19-14(11(17)18,7-23-25(19,21)22)9-6-8(15)4-5-10(9)16/h4-6,11H,7H2,1-3H3. The summed E-state index contributed by atoms with van der Waals surface area (Å²) in [5, 5.41) is 0.